The molecule has 1 heteroatoms. The van der Waals surface area contributed by atoms with E-state index in [0.717, 1.165) is 12.2 Å². The lowest BCUT2D eigenvalue weighted by Crippen LogP contribution is -2.06. The molecule has 0 aliphatic heterocycles. The predicted molar refractivity (Wildman–Crippen MR) is 78.9 cm³/mol. The van der Waals surface area contributed by atoms with Gasteiger partial charge in [0.25, 0.3) is 0 Å². The Morgan fingerprint density at radius 2 is 1.47 bits per heavy atom. The van der Waals surface area contributed by atoms with E-state index in [0.29, 0.717) is 0 Å². The van der Waals surface area contributed by atoms with Crippen LogP contribution >= 0.6 is 0 Å². The van der Waals surface area contributed by atoms with Gasteiger partial charge in [0.1, 0.15) is 5.75 Å². The molecule has 1 nitrogen and oxygen atoms in total. The molecule has 0 heterocycles. The van der Waals surface area contributed by atoms with E-state index >= 15 is 0 Å². The average molecular weight is 238 g/mol. The maximum Gasteiger partial charge on any atom is 0.122 e. The van der Waals surface area contributed by atoms with Crippen LogP contribution in [0.2, 0.25) is 0 Å². The number of ether oxygens (including phenoxy) is 1. The van der Waals surface area contributed by atoms with Crippen molar-refractivity contribution in [1.82, 2.24) is 0 Å². The lowest BCUT2D eigenvalue weighted by atomic mass is 10.1. The quantitative estimate of drug-likeness (QED) is 0.677. The summed E-state index contributed by atoms with van der Waals surface area (Å²) in [6.07, 6.45) is 2.54. The highest BCUT2D eigenvalue weighted by Crippen LogP contribution is 2.19. The summed E-state index contributed by atoms with van der Waals surface area (Å²) in [6.45, 7) is 14.5. The van der Waals surface area contributed by atoms with Crippen LogP contribution in [0.5, 0.6) is 5.75 Å². The lowest BCUT2D eigenvalue weighted by Gasteiger charge is -2.12. The van der Waals surface area contributed by atoms with E-state index < -0.39 is 0 Å². The SMILES string of the molecule is CC.CCC.CCc1ccccc1OC(C)C. The fraction of sp³-hybridized carbons (Fsp3) is 0.625. The Balaban J connectivity index is 0. The first-order valence-electron chi connectivity index (χ1n) is 6.90. The van der Waals surface area contributed by atoms with E-state index in [2.05, 4.69) is 26.8 Å². The largest absolute Gasteiger partial charge is 0.491 e. The van der Waals surface area contributed by atoms with Gasteiger partial charge < -0.3 is 4.74 Å². The van der Waals surface area contributed by atoms with Crippen LogP contribution in [0.4, 0.5) is 0 Å². The molecular formula is C16H30O. The molecule has 0 aliphatic rings. The van der Waals surface area contributed by atoms with Crippen molar-refractivity contribution in [3.63, 3.8) is 0 Å². The third-order valence-electron chi connectivity index (χ3n) is 1.72. The second kappa shape index (κ2) is 13.1. The van der Waals surface area contributed by atoms with Gasteiger partial charge >= 0.3 is 0 Å². The van der Waals surface area contributed by atoms with E-state index in [4.69, 9.17) is 4.74 Å². The average Bonchev–Trinajstić information content (AvgIpc) is 2.33. The molecule has 0 unspecified atom stereocenters. The second-order valence-electron chi connectivity index (χ2n) is 3.83. The lowest BCUT2D eigenvalue weighted by molar-refractivity contribution is 0.240. The maximum atomic E-state index is 5.64. The Morgan fingerprint density at radius 1 is 1.00 bits per heavy atom. The first-order chi connectivity index (χ1) is 8.15. The molecule has 0 saturated carbocycles. The van der Waals surface area contributed by atoms with Gasteiger partial charge in [-0.3, -0.25) is 0 Å². The Labute approximate surface area is 108 Å². The standard InChI is InChI=1S/C11H16O.C3H8.C2H6/c1-4-10-7-5-6-8-11(10)12-9(2)3;1-3-2;1-2/h5-9H,4H2,1-3H3;3H2,1-2H3;1-2H3. The van der Waals surface area contributed by atoms with Crippen molar-refractivity contribution in [3.8, 4) is 5.75 Å². The van der Waals surface area contributed by atoms with Gasteiger partial charge in [0, 0.05) is 0 Å². The monoisotopic (exact) mass is 238 g/mol. The van der Waals surface area contributed by atoms with Crippen molar-refractivity contribution in [2.75, 3.05) is 0 Å². The van der Waals surface area contributed by atoms with Crippen molar-refractivity contribution >= 4 is 0 Å². The Bertz CT molecular complexity index is 253. The Morgan fingerprint density at radius 3 is 1.88 bits per heavy atom. The Hall–Kier alpha value is -0.980. The second-order valence-corrected chi connectivity index (χ2v) is 3.83. The number of para-hydroxylation sites is 1. The van der Waals surface area contributed by atoms with Crippen LogP contribution in [-0.2, 0) is 6.42 Å². The number of hydrogen-bond acceptors (Lipinski definition) is 1. The van der Waals surface area contributed by atoms with Crippen molar-refractivity contribution in [1.29, 1.82) is 0 Å². The van der Waals surface area contributed by atoms with Crippen molar-refractivity contribution in [2.45, 2.75) is 67.4 Å². The van der Waals surface area contributed by atoms with Crippen LogP contribution < -0.4 is 4.74 Å². The van der Waals surface area contributed by atoms with E-state index in [1.807, 2.05) is 45.9 Å². The molecule has 1 rings (SSSR count). The van der Waals surface area contributed by atoms with E-state index in [1.165, 1.54) is 12.0 Å². The predicted octanol–water partition coefficient (Wildman–Crippen LogP) is 5.48. The summed E-state index contributed by atoms with van der Waals surface area (Å²) < 4.78 is 5.64. The molecule has 0 radical (unpaired) electrons. The van der Waals surface area contributed by atoms with Crippen LogP contribution in [0.25, 0.3) is 0 Å². The molecule has 0 saturated heterocycles. The zero-order chi connectivity index (χ0) is 13.7. The zero-order valence-corrected chi connectivity index (χ0v) is 12.7. The maximum absolute atomic E-state index is 5.64. The fourth-order valence-corrected chi connectivity index (χ4v) is 1.16. The zero-order valence-electron chi connectivity index (χ0n) is 12.7. The van der Waals surface area contributed by atoms with Gasteiger partial charge in [0.2, 0.25) is 0 Å². The summed E-state index contributed by atoms with van der Waals surface area (Å²) in [5, 5.41) is 0. The summed E-state index contributed by atoms with van der Waals surface area (Å²) in [4.78, 5) is 0. The molecule has 0 spiro atoms. The highest BCUT2D eigenvalue weighted by Gasteiger charge is 2.01. The number of benzene rings is 1. The highest BCUT2D eigenvalue weighted by atomic mass is 16.5. The highest BCUT2D eigenvalue weighted by molar-refractivity contribution is 5.33. The van der Waals surface area contributed by atoms with Crippen LogP contribution in [0.15, 0.2) is 24.3 Å². The van der Waals surface area contributed by atoms with Crippen LogP contribution in [0.1, 0.15) is 60.5 Å². The smallest absolute Gasteiger partial charge is 0.122 e. The molecule has 1 aromatic carbocycles. The number of rotatable bonds is 3. The van der Waals surface area contributed by atoms with Crippen LogP contribution in [0, 0.1) is 0 Å². The summed E-state index contributed by atoms with van der Waals surface area (Å²) >= 11 is 0. The van der Waals surface area contributed by atoms with Crippen molar-refractivity contribution in [2.24, 2.45) is 0 Å². The topological polar surface area (TPSA) is 9.23 Å². The van der Waals surface area contributed by atoms with Crippen LogP contribution in [-0.4, -0.2) is 6.10 Å². The van der Waals surface area contributed by atoms with Gasteiger partial charge in [-0.05, 0) is 31.9 Å². The van der Waals surface area contributed by atoms with E-state index in [1.54, 1.807) is 0 Å². The molecule has 0 amide bonds. The molecule has 0 atom stereocenters. The third-order valence-corrected chi connectivity index (χ3v) is 1.72. The number of aryl methyl sites for hydroxylation is 1. The molecule has 0 aromatic heterocycles. The molecule has 0 fully saturated rings. The molecule has 0 aliphatic carbocycles. The fourth-order valence-electron chi connectivity index (χ4n) is 1.16. The minimum atomic E-state index is 0.262. The van der Waals surface area contributed by atoms with Crippen molar-refractivity contribution in [3.05, 3.63) is 29.8 Å². The molecule has 17 heavy (non-hydrogen) atoms. The number of hydrogen-bond donors (Lipinski definition) is 0. The normalized spacial score (nSPS) is 8.71. The molecular weight excluding hydrogens is 208 g/mol. The minimum Gasteiger partial charge on any atom is -0.491 e. The van der Waals surface area contributed by atoms with Crippen molar-refractivity contribution < 1.29 is 4.74 Å². The van der Waals surface area contributed by atoms with Gasteiger partial charge in [0.15, 0.2) is 0 Å². The molecule has 100 valence electrons. The first-order valence-corrected chi connectivity index (χ1v) is 6.90. The molecule has 1 aromatic rings. The third kappa shape index (κ3) is 9.92. The molecule has 0 N–H and O–H groups in total. The van der Waals surface area contributed by atoms with E-state index in [9.17, 15) is 0 Å². The van der Waals surface area contributed by atoms with Gasteiger partial charge in [0.05, 0.1) is 6.10 Å². The summed E-state index contributed by atoms with van der Waals surface area (Å²) in [7, 11) is 0. The van der Waals surface area contributed by atoms with Gasteiger partial charge in [-0.2, -0.15) is 0 Å². The summed E-state index contributed by atoms with van der Waals surface area (Å²) in [5.41, 5.74) is 1.28. The van der Waals surface area contributed by atoms with Gasteiger partial charge in [-0.1, -0.05) is 59.2 Å². The van der Waals surface area contributed by atoms with Gasteiger partial charge in [-0.25, -0.2) is 0 Å². The van der Waals surface area contributed by atoms with Crippen LogP contribution in [0.3, 0.4) is 0 Å². The summed E-state index contributed by atoms with van der Waals surface area (Å²) in [5.74, 6) is 1.02. The van der Waals surface area contributed by atoms with Gasteiger partial charge in [-0.15, -0.1) is 0 Å². The Kier molecular flexibility index (Phi) is 14.2. The minimum absolute atomic E-state index is 0.262. The molecule has 0 bridgehead atoms. The summed E-state index contributed by atoms with van der Waals surface area (Å²) in [6, 6.07) is 8.19. The van der Waals surface area contributed by atoms with E-state index in [-0.39, 0.29) is 6.10 Å². The first kappa shape index (κ1) is 18.4.